The highest BCUT2D eigenvalue weighted by Gasteiger charge is 2.34. The lowest BCUT2D eigenvalue weighted by molar-refractivity contribution is -0.142. The number of ether oxygens (including phenoxy) is 1. The van der Waals surface area contributed by atoms with Crippen molar-refractivity contribution < 1.29 is 36.5 Å². The van der Waals surface area contributed by atoms with E-state index in [0.717, 1.165) is 0 Å². The van der Waals surface area contributed by atoms with Crippen LogP contribution in [0.1, 0.15) is 33.6 Å². The molecular weight excluding hydrogens is 340 g/mol. The molecule has 0 heterocycles. The molecule has 0 saturated carbocycles. The molecule has 0 fully saturated rings. The molecule has 0 aliphatic heterocycles. The normalized spacial score (nSPS) is 11.3. The molecule has 0 aliphatic carbocycles. The van der Waals surface area contributed by atoms with Gasteiger partial charge in [-0.1, -0.05) is 20.4 Å². The van der Waals surface area contributed by atoms with Gasteiger partial charge in [0, 0.05) is 18.3 Å². The van der Waals surface area contributed by atoms with Gasteiger partial charge >= 0.3 is 11.7 Å². The summed E-state index contributed by atoms with van der Waals surface area (Å²) in [4.78, 5) is 37.9. The molecule has 0 unspecified atom stereocenters. The third kappa shape index (κ3) is 6.95. The molecule has 0 spiro atoms. The fourth-order valence-electron chi connectivity index (χ4n) is 1.45. The third-order valence-electron chi connectivity index (χ3n) is 2.96. The summed E-state index contributed by atoms with van der Waals surface area (Å²) in [5.74, 6) is -2.41. The van der Waals surface area contributed by atoms with Crippen molar-refractivity contribution in [3.8, 4) is 0 Å². The highest BCUT2D eigenvalue weighted by Crippen LogP contribution is 2.21. The molecule has 0 aromatic carbocycles. The van der Waals surface area contributed by atoms with Crippen molar-refractivity contribution in [3.05, 3.63) is 17.5 Å². The smallest absolute Gasteiger partial charge is 0.441 e. The van der Waals surface area contributed by atoms with Crippen LogP contribution in [0.4, 0.5) is 0 Å². The highest BCUT2D eigenvalue weighted by molar-refractivity contribution is 7.89. The maximum Gasteiger partial charge on any atom is 0.441 e. The Morgan fingerprint density at radius 3 is 2.29 bits per heavy atom. The van der Waals surface area contributed by atoms with E-state index < -0.39 is 51.8 Å². The Kier molecular flexibility index (Phi) is 8.38. The summed E-state index contributed by atoms with van der Waals surface area (Å²) in [7, 11) is -3.92. The van der Waals surface area contributed by atoms with Crippen LogP contribution in [0.25, 0.3) is 5.53 Å². The number of carbonyl (C=O) groups excluding carboxylic acids is 3. The van der Waals surface area contributed by atoms with E-state index in [4.69, 9.17) is 5.53 Å². The molecule has 0 radical (unpaired) electrons. The summed E-state index contributed by atoms with van der Waals surface area (Å²) in [5, 5.41) is 0.612. The average Bonchev–Trinajstić information content (AvgIpc) is 2.51. The molecule has 0 aromatic rings. The minimum atomic E-state index is -3.92. The largest absolute Gasteiger partial charge is 0.457 e. The van der Waals surface area contributed by atoms with Crippen LogP contribution in [0.15, 0.2) is 12.0 Å². The summed E-state index contributed by atoms with van der Waals surface area (Å²) in [6.07, 6.45) is -0.684. The fraction of sp³-hybridized carbons (Fsp3) is 0.571. The standard InChI is InChI=1S/C14H20N2O7S/c1-5-22-13(19)12(16-15)10(17)7-8-11(18)14(3,4)9-23-24(20,21)6-2/h6H,2,5,7-9H2,1,3-4H3. The summed E-state index contributed by atoms with van der Waals surface area (Å²) in [6, 6.07) is 0. The number of carbonyl (C=O) groups is 3. The minimum Gasteiger partial charge on any atom is -0.457 e. The van der Waals surface area contributed by atoms with Gasteiger partial charge in [0.2, 0.25) is 0 Å². The van der Waals surface area contributed by atoms with Crippen molar-refractivity contribution in [1.82, 2.24) is 0 Å². The van der Waals surface area contributed by atoms with Crippen LogP contribution in [-0.4, -0.2) is 49.7 Å². The van der Waals surface area contributed by atoms with Crippen LogP contribution in [0.3, 0.4) is 0 Å². The van der Waals surface area contributed by atoms with E-state index in [2.05, 4.69) is 20.3 Å². The monoisotopic (exact) mass is 360 g/mol. The second kappa shape index (κ2) is 9.21. The molecule has 10 heteroatoms. The van der Waals surface area contributed by atoms with Crippen LogP contribution in [0, 0.1) is 5.41 Å². The molecule has 134 valence electrons. The van der Waals surface area contributed by atoms with Crippen molar-refractivity contribution in [2.45, 2.75) is 33.6 Å². The van der Waals surface area contributed by atoms with Crippen molar-refractivity contribution in [2.24, 2.45) is 5.41 Å². The van der Waals surface area contributed by atoms with E-state index >= 15 is 0 Å². The lowest BCUT2D eigenvalue weighted by Crippen LogP contribution is -2.32. The minimum absolute atomic E-state index is 0.00773. The molecule has 0 atom stereocenters. The Hall–Kier alpha value is -2.16. The van der Waals surface area contributed by atoms with Gasteiger partial charge in [0.15, 0.2) is 0 Å². The van der Waals surface area contributed by atoms with Crippen LogP contribution in [0.2, 0.25) is 0 Å². The lowest BCUT2D eigenvalue weighted by Gasteiger charge is -2.21. The van der Waals surface area contributed by atoms with Gasteiger partial charge in [0.1, 0.15) is 5.78 Å². The molecule has 0 saturated heterocycles. The maximum atomic E-state index is 12.1. The zero-order valence-electron chi connectivity index (χ0n) is 13.8. The molecule has 0 aromatic heterocycles. The Morgan fingerprint density at radius 2 is 1.83 bits per heavy atom. The second-order valence-corrected chi connectivity index (χ2v) is 6.88. The van der Waals surface area contributed by atoms with Gasteiger partial charge in [-0.3, -0.25) is 13.8 Å². The number of ketones is 2. The number of hydrogen-bond donors (Lipinski definition) is 0. The van der Waals surface area contributed by atoms with Gasteiger partial charge in [-0.2, -0.15) is 13.2 Å². The summed E-state index contributed by atoms with van der Waals surface area (Å²) in [5.41, 5.74) is 6.72. The van der Waals surface area contributed by atoms with Crippen molar-refractivity contribution in [2.75, 3.05) is 13.2 Å². The lowest BCUT2D eigenvalue weighted by atomic mass is 9.86. The fourth-order valence-corrected chi connectivity index (χ4v) is 2.01. The van der Waals surface area contributed by atoms with Gasteiger partial charge < -0.3 is 10.3 Å². The van der Waals surface area contributed by atoms with Gasteiger partial charge in [0.05, 0.1) is 18.6 Å². The van der Waals surface area contributed by atoms with Crippen LogP contribution in [-0.2, 0) is 33.4 Å². The number of esters is 1. The molecule has 9 nitrogen and oxygen atoms in total. The van der Waals surface area contributed by atoms with Crippen LogP contribution >= 0.6 is 0 Å². The Morgan fingerprint density at radius 1 is 1.25 bits per heavy atom. The summed E-state index contributed by atoms with van der Waals surface area (Å²) < 4.78 is 31.6. The predicted octanol–water partition coefficient (Wildman–Crippen LogP) is 0.655. The number of Topliss-reactive ketones (excluding diaryl/α,β-unsaturated/α-hetero) is 2. The van der Waals surface area contributed by atoms with Crippen molar-refractivity contribution in [1.29, 1.82) is 0 Å². The molecular formula is C14H20N2O7S. The van der Waals surface area contributed by atoms with E-state index in [0.29, 0.717) is 5.41 Å². The Labute approximate surface area is 140 Å². The first-order chi connectivity index (χ1) is 11.0. The molecule has 0 rings (SSSR count). The maximum absolute atomic E-state index is 12.1. The second-order valence-electron chi connectivity index (χ2n) is 5.32. The van der Waals surface area contributed by atoms with E-state index in [-0.39, 0.29) is 13.0 Å². The van der Waals surface area contributed by atoms with Gasteiger partial charge in [-0.15, -0.1) is 0 Å². The topological polar surface area (TPSA) is 140 Å². The average molecular weight is 360 g/mol. The van der Waals surface area contributed by atoms with Crippen molar-refractivity contribution in [3.63, 3.8) is 0 Å². The first-order valence-corrected chi connectivity index (χ1v) is 8.45. The summed E-state index contributed by atoms with van der Waals surface area (Å²) >= 11 is 0. The summed E-state index contributed by atoms with van der Waals surface area (Å²) in [6.45, 7) is 7.06. The van der Waals surface area contributed by atoms with Gasteiger partial charge in [-0.05, 0) is 6.92 Å². The quantitative estimate of drug-likeness (QED) is 0.132. The van der Waals surface area contributed by atoms with Gasteiger partial charge in [-0.25, -0.2) is 4.79 Å². The van der Waals surface area contributed by atoms with E-state index in [9.17, 15) is 22.8 Å². The number of hydrogen-bond acceptors (Lipinski definition) is 7. The predicted molar refractivity (Wildman–Crippen MR) is 83.4 cm³/mol. The SMILES string of the molecule is C=CS(=O)(=O)OCC(C)(C)C(=O)CCC(=O)C(=[N+]=[N-])C(=O)OCC. The Bertz CT molecular complexity index is 673. The van der Waals surface area contributed by atoms with E-state index in [1.165, 1.54) is 20.8 Å². The first kappa shape index (κ1) is 21.8. The van der Waals surface area contributed by atoms with E-state index in [1.54, 1.807) is 0 Å². The number of nitrogens with zero attached hydrogens (tertiary/aromatic N) is 2. The molecule has 0 amide bonds. The van der Waals surface area contributed by atoms with Crippen LogP contribution in [0.5, 0.6) is 0 Å². The van der Waals surface area contributed by atoms with Crippen molar-refractivity contribution >= 4 is 33.4 Å². The van der Waals surface area contributed by atoms with Crippen LogP contribution < -0.4 is 0 Å². The third-order valence-corrected chi connectivity index (χ3v) is 3.81. The number of rotatable bonds is 11. The molecule has 0 N–H and O–H groups in total. The first-order valence-electron chi connectivity index (χ1n) is 6.98. The zero-order chi connectivity index (χ0) is 19.0. The Balaban J connectivity index is 4.76. The van der Waals surface area contributed by atoms with E-state index in [1.807, 2.05) is 0 Å². The zero-order valence-corrected chi connectivity index (χ0v) is 14.6. The molecule has 0 aliphatic rings. The highest BCUT2D eigenvalue weighted by atomic mass is 32.2. The van der Waals surface area contributed by atoms with Gasteiger partial charge in [0.25, 0.3) is 15.9 Å². The molecule has 24 heavy (non-hydrogen) atoms. The molecule has 0 bridgehead atoms.